The molecule has 5 nitrogen and oxygen atoms in total. The van der Waals surface area contributed by atoms with E-state index in [9.17, 15) is 22.8 Å². The first-order valence-corrected chi connectivity index (χ1v) is 9.20. The van der Waals surface area contributed by atoms with Gasteiger partial charge in [0.25, 0.3) is 0 Å². The number of piperidine rings is 1. The molecular weight excluding hydrogens is 383 g/mol. The van der Waals surface area contributed by atoms with Crippen molar-refractivity contribution in [3.05, 3.63) is 28.8 Å². The zero-order valence-electron chi connectivity index (χ0n) is 15.2. The van der Waals surface area contributed by atoms with Crippen LogP contribution in [-0.4, -0.2) is 42.4 Å². The number of carbonyl (C=O) groups is 2. The van der Waals surface area contributed by atoms with E-state index in [1.165, 1.54) is 6.07 Å². The molecule has 150 valence electrons. The molecule has 2 atom stereocenters. The standard InChI is InChI=1S/C18H23ClF3N3O2/c1-3-23-17(27)12-5-4-8-25(10-12)11(2)16(26)24-13-6-7-15(19)14(9-13)18(20,21)22/h6-7,9,11-12H,3-5,8,10H2,1-2H3,(H,23,27)(H,24,26). The molecule has 0 bridgehead atoms. The fourth-order valence-electron chi connectivity index (χ4n) is 3.12. The van der Waals surface area contributed by atoms with Crippen molar-refractivity contribution in [2.75, 3.05) is 25.0 Å². The Balaban J connectivity index is 2.04. The van der Waals surface area contributed by atoms with Gasteiger partial charge in [0.1, 0.15) is 0 Å². The molecule has 1 aliphatic rings. The Kier molecular flexibility index (Phi) is 7.11. The third-order valence-electron chi connectivity index (χ3n) is 4.64. The van der Waals surface area contributed by atoms with Gasteiger partial charge in [-0.1, -0.05) is 11.6 Å². The zero-order chi connectivity index (χ0) is 20.2. The van der Waals surface area contributed by atoms with E-state index >= 15 is 0 Å². The molecule has 0 aliphatic carbocycles. The lowest BCUT2D eigenvalue weighted by Crippen LogP contribution is -2.50. The van der Waals surface area contributed by atoms with Gasteiger partial charge in [-0.3, -0.25) is 14.5 Å². The second-order valence-electron chi connectivity index (χ2n) is 6.59. The highest BCUT2D eigenvalue weighted by Crippen LogP contribution is 2.36. The Labute approximate surface area is 161 Å². The van der Waals surface area contributed by atoms with Crippen LogP contribution in [0.4, 0.5) is 18.9 Å². The molecule has 27 heavy (non-hydrogen) atoms. The van der Waals surface area contributed by atoms with Crippen LogP contribution >= 0.6 is 11.6 Å². The van der Waals surface area contributed by atoms with Gasteiger partial charge in [-0.15, -0.1) is 0 Å². The maximum Gasteiger partial charge on any atom is 0.417 e. The number of amides is 2. The van der Waals surface area contributed by atoms with Gasteiger partial charge in [-0.2, -0.15) is 13.2 Å². The van der Waals surface area contributed by atoms with E-state index in [1.807, 2.05) is 11.8 Å². The molecule has 0 aromatic heterocycles. The predicted octanol–water partition coefficient (Wildman–Crippen LogP) is 3.53. The zero-order valence-corrected chi connectivity index (χ0v) is 16.0. The van der Waals surface area contributed by atoms with Crippen LogP contribution in [0.1, 0.15) is 32.3 Å². The number of hydrogen-bond acceptors (Lipinski definition) is 3. The highest BCUT2D eigenvalue weighted by atomic mass is 35.5. The first kappa shape index (κ1) is 21.5. The number of rotatable bonds is 5. The number of halogens is 4. The summed E-state index contributed by atoms with van der Waals surface area (Å²) in [6, 6.07) is 2.68. The molecule has 0 radical (unpaired) electrons. The van der Waals surface area contributed by atoms with Gasteiger partial charge in [-0.25, -0.2) is 0 Å². The van der Waals surface area contributed by atoms with Crippen molar-refractivity contribution in [1.29, 1.82) is 0 Å². The molecule has 1 heterocycles. The number of carbonyl (C=O) groups excluding carboxylic acids is 2. The monoisotopic (exact) mass is 405 g/mol. The lowest BCUT2D eigenvalue weighted by atomic mass is 9.96. The summed E-state index contributed by atoms with van der Waals surface area (Å²) in [5.74, 6) is -0.661. The number of nitrogens with one attached hydrogen (secondary N) is 2. The minimum absolute atomic E-state index is 0.0286. The molecule has 1 aromatic carbocycles. The Bertz CT molecular complexity index is 697. The first-order valence-electron chi connectivity index (χ1n) is 8.82. The van der Waals surface area contributed by atoms with Crippen molar-refractivity contribution in [2.24, 2.45) is 5.92 Å². The molecule has 9 heteroatoms. The normalized spacial score (nSPS) is 19.4. The Hall–Kier alpha value is -1.80. The fourth-order valence-corrected chi connectivity index (χ4v) is 3.35. The van der Waals surface area contributed by atoms with E-state index < -0.39 is 28.7 Å². The Morgan fingerprint density at radius 1 is 1.37 bits per heavy atom. The maximum absolute atomic E-state index is 13.0. The third-order valence-corrected chi connectivity index (χ3v) is 4.97. The van der Waals surface area contributed by atoms with E-state index in [2.05, 4.69) is 10.6 Å². The highest BCUT2D eigenvalue weighted by molar-refractivity contribution is 6.31. The summed E-state index contributed by atoms with van der Waals surface area (Å²) in [6.45, 7) is 5.16. The van der Waals surface area contributed by atoms with Crippen LogP contribution in [-0.2, 0) is 15.8 Å². The third kappa shape index (κ3) is 5.59. The summed E-state index contributed by atoms with van der Waals surface area (Å²) in [5, 5.41) is 4.87. The molecule has 1 aromatic rings. The van der Waals surface area contributed by atoms with Gasteiger partial charge < -0.3 is 10.6 Å². The predicted molar refractivity (Wildman–Crippen MR) is 97.5 cm³/mol. The number of benzene rings is 1. The van der Waals surface area contributed by atoms with Crippen LogP contribution in [0.5, 0.6) is 0 Å². The summed E-state index contributed by atoms with van der Waals surface area (Å²) in [5.41, 5.74) is -0.968. The molecule has 1 aliphatic heterocycles. The SMILES string of the molecule is CCNC(=O)C1CCCN(C(C)C(=O)Nc2ccc(Cl)c(C(F)(F)F)c2)C1. The van der Waals surface area contributed by atoms with Crippen molar-refractivity contribution in [3.63, 3.8) is 0 Å². The average Bonchev–Trinajstić information content (AvgIpc) is 2.62. The number of hydrogen-bond donors (Lipinski definition) is 2. The van der Waals surface area contributed by atoms with E-state index in [1.54, 1.807) is 6.92 Å². The summed E-state index contributed by atoms with van der Waals surface area (Å²) >= 11 is 5.59. The van der Waals surface area contributed by atoms with Crippen LogP contribution in [0.25, 0.3) is 0 Å². The first-order chi connectivity index (χ1) is 12.6. The van der Waals surface area contributed by atoms with Crippen LogP contribution in [0, 0.1) is 5.92 Å². The Morgan fingerprint density at radius 3 is 2.70 bits per heavy atom. The van der Waals surface area contributed by atoms with Gasteiger partial charge in [-0.05, 0) is 51.4 Å². The number of alkyl halides is 3. The van der Waals surface area contributed by atoms with Gasteiger partial charge >= 0.3 is 6.18 Å². The average molecular weight is 406 g/mol. The molecule has 2 N–H and O–H groups in total. The molecule has 1 fully saturated rings. The molecule has 2 amide bonds. The van der Waals surface area contributed by atoms with Crippen LogP contribution in [0.2, 0.25) is 5.02 Å². The van der Waals surface area contributed by atoms with E-state index in [-0.39, 0.29) is 17.5 Å². The van der Waals surface area contributed by atoms with Crippen molar-refractivity contribution in [3.8, 4) is 0 Å². The summed E-state index contributed by atoms with van der Waals surface area (Å²) < 4.78 is 38.9. The van der Waals surface area contributed by atoms with Gasteiger partial charge in [0.05, 0.1) is 22.5 Å². The second kappa shape index (κ2) is 8.93. The molecular formula is C18H23ClF3N3O2. The number of likely N-dealkylation sites (tertiary alicyclic amines) is 1. The number of anilines is 1. The largest absolute Gasteiger partial charge is 0.417 e. The second-order valence-corrected chi connectivity index (χ2v) is 6.99. The number of nitrogens with zero attached hydrogens (tertiary/aromatic N) is 1. The van der Waals surface area contributed by atoms with Crippen molar-refractivity contribution < 1.29 is 22.8 Å². The fraction of sp³-hybridized carbons (Fsp3) is 0.556. The van der Waals surface area contributed by atoms with Crippen molar-refractivity contribution >= 4 is 29.1 Å². The molecule has 2 unspecified atom stereocenters. The topological polar surface area (TPSA) is 61.4 Å². The lowest BCUT2D eigenvalue weighted by molar-refractivity contribution is -0.137. The van der Waals surface area contributed by atoms with Crippen molar-refractivity contribution in [1.82, 2.24) is 10.2 Å². The minimum atomic E-state index is -4.60. The molecule has 1 saturated heterocycles. The molecule has 0 saturated carbocycles. The molecule has 2 rings (SSSR count). The van der Waals surface area contributed by atoms with E-state index in [0.717, 1.165) is 25.0 Å². The quantitative estimate of drug-likeness (QED) is 0.787. The maximum atomic E-state index is 13.0. The summed E-state index contributed by atoms with van der Waals surface area (Å²) in [7, 11) is 0. The van der Waals surface area contributed by atoms with E-state index in [0.29, 0.717) is 19.6 Å². The van der Waals surface area contributed by atoms with Crippen molar-refractivity contribution in [2.45, 2.75) is 38.9 Å². The summed E-state index contributed by atoms with van der Waals surface area (Å²) in [4.78, 5) is 26.4. The smallest absolute Gasteiger partial charge is 0.356 e. The van der Waals surface area contributed by atoms with Crippen LogP contribution in [0.15, 0.2) is 18.2 Å². The van der Waals surface area contributed by atoms with Gasteiger partial charge in [0.2, 0.25) is 11.8 Å². The minimum Gasteiger partial charge on any atom is -0.356 e. The molecule has 0 spiro atoms. The van der Waals surface area contributed by atoms with Gasteiger partial charge in [0.15, 0.2) is 0 Å². The Morgan fingerprint density at radius 2 is 2.07 bits per heavy atom. The van der Waals surface area contributed by atoms with Crippen LogP contribution < -0.4 is 10.6 Å². The summed E-state index contributed by atoms with van der Waals surface area (Å²) in [6.07, 6.45) is -3.07. The van der Waals surface area contributed by atoms with Gasteiger partial charge in [0, 0.05) is 18.8 Å². The van der Waals surface area contributed by atoms with E-state index in [4.69, 9.17) is 11.6 Å². The van der Waals surface area contributed by atoms with Crippen LogP contribution in [0.3, 0.4) is 0 Å². The lowest BCUT2D eigenvalue weighted by Gasteiger charge is -2.35. The highest BCUT2D eigenvalue weighted by Gasteiger charge is 2.34.